The van der Waals surface area contributed by atoms with E-state index in [0.29, 0.717) is 29.5 Å². The summed E-state index contributed by atoms with van der Waals surface area (Å²) < 4.78 is 5.52. The SMILES string of the molecule is Cc1ccc2c(c1)OCC(=O)N2Cc1nc(C(=O)NCCN(C)C)cs1. The molecule has 0 saturated heterocycles. The third-order valence-electron chi connectivity index (χ3n) is 3.98. The highest BCUT2D eigenvalue weighted by atomic mass is 32.1. The van der Waals surface area contributed by atoms with E-state index in [0.717, 1.165) is 17.8 Å². The molecular formula is C18H22N4O3S. The lowest BCUT2D eigenvalue weighted by Gasteiger charge is -2.28. The van der Waals surface area contributed by atoms with Crippen molar-refractivity contribution in [2.75, 3.05) is 38.7 Å². The Bertz CT molecular complexity index is 819. The summed E-state index contributed by atoms with van der Waals surface area (Å²) in [7, 11) is 3.90. The van der Waals surface area contributed by atoms with Crippen molar-refractivity contribution in [2.24, 2.45) is 0 Å². The molecule has 0 atom stereocenters. The Balaban J connectivity index is 1.69. The highest BCUT2D eigenvalue weighted by molar-refractivity contribution is 7.09. The van der Waals surface area contributed by atoms with Crippen molar-refractivity contribution in [3.63, 3.8) is 0 Å². The van der Waals surface area contributed by atoms with E-state index in [1.807, 2.05) is 44.1 Å². The first kappa shape index (κ1) is 18.3. The number of aryl methyl sites for hydroxylation is 1. The average Bonchev–Trinajstić information content (AvgIpc) is 3.06. The van der Waals surface area contributed by atoms with Crippen LogP contribution in [0.25, 0.3) is 0 Å². The fourth-order valence-electron chi connectivity index (χ4n) is 2.59. The van der Waals surface area contributed by atoms with Crippen LogP contribution in [-0.4, -0.2) is 55.5 Å². The molecule has 7 nitrogen and oxygen atoms in total. The fourth-order valence-corrected chi connectivity index (χ4v) is 3.35. The molecule has 8 heteroatoms. The molecule has 0 bridgehead atoms. The molecule has 1 aromatic heterocycles. The molecule has 2 heterocycles. The minimum Gasteiger partial charge on any atom is -0.482 e. The lowest BCUT2D eigenvalue weighted by atomic mass is 10.1. The summed E-state index contributed by atoms with van der Waals surface area (Å²) in [5.74, 6) is 0.384. The van der Waals surface area contributed by atoms with E-state index in [4.69, 9.17) is 4.74 Å². The number of likely N-dealkylation sites (N-methyl/N-ethyl adjacent to an activating group) is 1. The summed E-state index contributed by atoms with van der Waals surface area (Å²) in [5.41, 5.74) is 2.19. The fraction of sp³-hybridized carbons (Fsp3) is 0.389. The zero-order valence-corrected chi connectivity index (χ0v) is 15.9. The van der Waals surface area contributed by atoms with Crippen molar-refractivity contribution >= 4 is 28.8 Å². The predicted molar refractivity (Wildman–Crippen MR) is 101 cm³/mol. The van der Waals surface area contributed by atoms with E-state index in [2.05, 4.69) is 10.3 Å². The minimum atomic E-state index is -0.196. The molecule has 1 aliphatic rings. The zero-order valence-electron chi connectivity index (χ0n) is 15.1. The Morgan fingerprint density at radius 3 is 3.00 bits per heavy atom. The van der Waals surface area contributed by atoms with Gasteiger partial charge < -0.3 is 15.0 Å². The molecule has 0 spiro atoms. The molecule has 0 radical (unpaired) electrons. The number of hydrogen-bond acceptors (Lipinski definition) is 6. The Morgan fingerprint density at radius 2 is 2.23 bits per heavy atom. The Labute approximate surface area is 156 Å². The van der Waals surface area contributed by atoms with Crippen molar-refractivity contribution in [1.29, 1.82) is 0 Å². The highest BCUT2D eigenvalue weighted by Gasteiger charge is 2.26. The topological polar surface area (TPSA) is 74.8 Å². The number of carbonyl (C=O) groups is 2. The maximum absolute atomic E-state index is 12.3. The molecule has 0 unspecified atom stereocenters. The number of aromatic nitrogens is 1. The third kappa shape index (κ3) is 4.20. The Morgan fingerprint density at radius 1 is 1.42 bits per heavy atom. The largest absolute Gasteiger partial charge is 0.482 e. The van der Waals surface area contributed by atoms with Crippen molar-refractivity contribution in [1.82, 2.24) is 15.2 Å². The van der Waals surface area contributed by atoms with Gasteiger partial charge in [-0.3, -0.25) is 14.5 Å². The monoisotopic (exact) mass is 374 g/mol. The number of amides is 2. The van der Waals surface area contributed by atoms with Crippen LogP contribution in [0, 0.1) is 6.92 Å². The van der Waals surface area contributed by atoms with Gasteiger partial charge >= 0.3 is 0 Å². The van der Waals surface area contributed by atoms with Gasteiger partial charge in [-0.2, -0.15) is 0 Å². The van der Waals surface area contributed by atoms with Gasteiger partial charge in [0.2, 0.25) is 0 Å². The summed E-state index contributed by atoms with van der Waals surface area (Å²) in [6.45, 7) is 3.65. The first-order valence-electron chi connectivity index (χ1n) is 8.35. The number of nitrogens with one attached hydrogen (secondary N) is 1. The summed E-state index contributed by atoms with van der Waals surface area (Å²) >= 11 is 1.37. The van der Waals surface area contributed by atoms with Gasteiger partial charge in [0.25, 0.3) is 11.8 Å². The molecule has 2 amide bonds. The Kier molecular flexibility index (Phi) is 5.53. The van der Waals surface area contributed by atoms with E-state index < -0.39 is 0 Å². The van der Waals surface area contributed by atoms with Gasteiger partial charge in [-0.15, -0.1) is 11.3 Å². The van der Waals surface area contributed by atoms with Crippen molar-refractivity contribution < 1.29 is 14.3 Å². The van der Waals surface area contributed by atoms with E-state index in [1.54, 1.807) is 10.3 Å². The summed E-state index contributed by atoms with van der Waals surface area (Å²) in [6.07, 6.45) is 0. The smallest absolute Gasteiger partial charge is 0.270 e. The second-order valence-corrected chi connectivity index (χ2v) is 7.37. The second kappa shape index (κ2) is 7.84. The van der Waals surface area contributed by atoms with E-state index in [-0.39, 0.29) is 18.4 Å². The lowest BCUT2D eigenvalue weighted by molar-refractivity contribution is -0.121. The van der Waals surface area contributed by atoms with Crippen LogP contribution in [-0.2, 0) is 11.3 Å². The first-order valence-corrected chi connectivity index (χ1v) is 9.23. The maximum atomic E-state index is 12.3. The number of rotatable bonds is 6. The lowest BCUT2D eigenvalue weighted by Crippen LogP contribution is -2.38. The van der Waals surface area contributed by atoms with Gasteiger partial charge in [0.05, 0.1) is 12.2 Å². The van der Waals surface area contributed by atoms with Crippen molar-refractivity contribution in [3.8, 4) is 5.75 Å². The molecular weight excluding hydrogens is 352 g/mol. The molecule has 1 N–H and O–H groups in total. The van der Waals surface area contributed by atoms with Gasteiger partial charge in [0.1, 0.15) is 16.5 Å². The van der Waals surface area contributed by atoms with Gasteiger partial charge in [-0.25, -0.2) is 4.98 Å². The number of ether oxygens (including phenoxy) is 1. The van der Waals surface area contributed by atoms with Gasteiger partial charge in [0.15, 0.2) is 6.61 Å². The first-order chi connectivity index (χ1) is 12.4. The van der Waals surface area contributed by atoms with Gasteiger partial charge in [-0.1, -0.05) is 6.07 Å². The standard InChI is InChI=1S/C18H22N4O3S/c1-12-4-5-14-15(8-12)25-10-17(23)22(14)9-16-20-13(11-26-16)18(24)19-6-7-21(2)3/h4-5,8,11H,6-7,9-10H2,1-3H3,(H,19,24). The molecule has 1 aromatic carbocycles. The molecule has 2 aromatic rings. The molecule has 138 valence electrons. The van der Waals surface area contributed by atoms with Crippen LogP contribution in [0.4, 0.5) is 5.69 Å². The summed E-state index contributed by atoms with van der Waals surface area (Å²) in [4.78, 5) is 32.5. The van der Waals surface area contributed by atoms with Crippen LogP contribution in [0.15, 0.2) is 23.6 Å². The van der Waals surface area contributed by atoms with Crippen LogP contribution in [0.1, 0.15) is 21.1 Å². The van der Waals surface area contributed by atoms with Crippen LogP contribution in [0.3, 0.4) is 0 Å². The molecule has 0 fully saturated rings. The van der Waals surface area contributed by atoms with Gasteiger partial charge in [0, 0.05) is 18.5 Å². The average molecular weight is 374 g/mol. The maximum Gasteiger partial charge on any atom is 0.270 e. The molecule has 3 rings (SSSR count). The summed E-state index contributed by atoms with van der Waals surface area (Å²) in [6, 6.07) is 5.74. The molecule has 0 aliphatic carbocycles. The number of benzene rings is 1. The number of anilines is 1. The number of fused-ring (bicyclic) bond motifs is 1. The Hall–Kier alpha value is -2.45. The molecule has 1 aliphatic heterocycles. The summed E-state index contributed by atoms with van der Waals surface area (Å²) in [5, 5.41) is 5.28. The quantitative estimate of drug-likeness (QED) is 0.833. The number of nitrogens with zero attached hydrogens (tertiary/aromatic N) is 3. The van der Waals surface area contributed by atoms with Crippen LogP contribution >= 0.6 is 11.3 Å². The normalized spacial score (nSPS) is 13.5. The van der Waals surface area contributed by atoms with E-state index in [9.17, 15) is 9.59 Å². The van der Waals surface area contributed by atoms with Crippen LogP contribution < -0.4 is 15.0 Å². The van der Waals surface area contributed by atoms with Gasteiger partial charge in [-0.05, 0) is 38.7 Å². The van der Waals surface area contributed by atoms with Crippen LogP contribution in [0.2, 0.25) is 0 Å². The number of hydrogen-bond donors (Lipinski definition) is 1. The second-order valence-electron chi connectivity index (χ2n) is 6.43. The molecule has 0 saturated carbocycles. The predicted octanol–water partition coefficient (Wildman–Crippen LogP) is 1.67. The van der Waals surface area contributed by atoms with Crippen LogP contribution in [0.5, 0.6) is 5.75 Å². The van der Waals surface area contributed by atoms with E-state index in [1.165, 1.54) is 11.3 Å². The van der Waals surface area contributed by atoms with Crippen molar-refractivity contribution in [3.05, 3.63) is 39.8 Å². The van der Waals surface area contributed by atoms with E-state index >= 15 is 0 Å². The zero-order chi connectivity index (χ0) is 18.7. The molecule has 26 heavy (non-hydrogen) atoms. The minimum absolute atomic E-state index is 0.0136. The highest BCUT2D eigenvalue weighted by Crippen LogP contribution is 2.34. The number of carbonyl (C=O) groups excluding carboxylic acids is 2. The van der Waals surface area contributed by atoms with Crippen molar-refractivity contribution in [2.45, 2.75) is 13.5 Å². The third-order valence-corrected chi connectivity index (χ3v) is 4.81. The number of thiazole rings is 1.